The van der Waals surface area contributed by atoms with Gasteiger partial charge in [-0.3, -0.25) is 0 Å². The first kappa shape index (κ1) is 17.0. The molecular formula is C18H15F4N. The molecule has 0 heterocycles. The fourth-order valence-corrected chi connectivity index (χ4v) is 2.41. The topological polar surface area (TPSA) is 23.8 Å². The standard InChI is InChI=1S/C18H15F4N/c1-2-3-4-5-13-15(19)17(21)14(18(22)16(13)20)12-8-6-11(10-23)7-9-12/h6-9H,2-5H2,1H3. The van der Waals surface area contributed by atoms with E-state index in [4.69, 9.17) is 5.26 Å². The molecule has 0 aromatic heterocycles. The van der Waals surface area contributed by atoms with E-state index in [2.05, 4.69) is 0 Å². The van der Waals surface area contributed by atoms with E-state index in [1.54, 1.807) is 0 Å². The molecule has 2 aromatic carbocycles. The smallest absolute Gasteiger partial charge is 0.170 e. The fraction of sp³-hybridized carbons (Fsp3) is 0.278. The summed E-state index contributed by atoms with van der Waals surface area (Å²) in [4.78, 5) is 0. The third kappa shape index (κ3) is 3.37. The molecule has 120 valence electrons. The molecule has 0 aliphatic heterocycles. The zero-order valence-electron chi connectivity index (χ0n) is 12.6. The molecule has 0 unspecified atom stereocenters. The SMILES string of the molecule is CCCCCc1c(F)c(F)c(-c2ccc(C#N)cc2)c(F)c1F. The Balaban J connectivity index is 2.51. The van der Waals surface area contributed by atoms with E-state index in [1.807, 2.05) is 13.0 Å². The van der Waals surface area contributed by atoms with Gasteiger partial charge >= 0.3 is 0 Å². The van der Waals surface area contributed by atoms with Gasteiger partial charge in [0.05, 0.1) is 17.2 Å². The van der Waals surface area contributed by atoms with Gasteiger partial charge in [0.25, 0.3) is 0 Å². The van der Waals surface area contributed by atoms with Crippen molar-refractivity contribution in [3.8, 4) is 17.2 Å². The van der Waals surface area contributed by atoms with E-state index < -0.39 is 34.4 Å². The molecule has 0 aliphatic rings. The number of nitrogens with zero attached hydrogens (tertiary/aromatic N) is 1. The number of hydrogen-bond donors (Lipinski definition) is 0. The summed E-state index contributed by atoms with van der Waals surface area (Å²) in [5.41, 5.74) is -1.03. The van der Waals surface area contributed by atoms with Gasteiger partial charge in [0.2, 0.25) is 0 Å². The lowest BCUT2D eigenvalue weighted by Gasteiger charge is -2.12. The van der Waals surface area contributed by atoms with Gasteiger partial charge in [-0.05, 0) is 30.5 Å². The van der Waals surface area contributed by atoms with Crippen LogP contribution < -0.4 is 0 Å². The number of halogens is 4. The highest BCUT2D eigenvalue weighted by Gasteiger charge is 2.25. The van der Waals surface area contributed by atoms with Gasteiger partial charge in [0.1, 0.15) is 0 Å². The van der Waals surface area contributed by atoms with Crippen LogP contribution in [0.1, 0.15) is 37.3 Å². The highest BCUT2D eigenvalue weighted by molar-refractivity contribution is 5.66. The van der Waals surface area contributed by atoms with Crippen LogP contribution in [-0.4, -0.2) is 0 Å². The average Bonchev–Trinajstić information content (AvgIpc) is 2.57. The van der Waals surface area contributed by atoms with Gasteiger partial charge in [-0.15, -0.1) is 0 Å². The second kappa shape index (κ2) is 7.28. The molecule has 0 atom stereocenters. The minimum Gasteiger partial charge on any atom is -0.203 e. The van der Waals surface area contributed by atoms with Crippen LogP contribution >= 0.6 is 0 Å². The van der Waals surface area contributed by atoms with Crippen LogP contribution in [0.15, 0.2) is 24.3 Å². The fourth-order valence-electron chi connectivity index (χ4n) is 2.41. The largest absolute Gasteiger partial charge is 0.203 e. The summed E-state index contributed by atoms with van der Waals surface area (Å²) in [6, 6.07) is 7.04. The molecule has 2 rings (SSSR count). The molecule has 0 radical (unpaired) electrons. The molecule has 2 aromatic rings. The quantitative estimate of drug-likeness (QED) is 0.404. The predicted molar refractivity (Wildman–Crippen MR) is 79.7 cm³/mol. The Morgan fingerprint density at radius 3 is 1.91 bits per heavy atom. The van der Waals surface area contributed by atoms with Gasteiger partial charge in [-0.1, -0.05) is 31.9 Å². The Labute approximate surface area is 132 Å². The van der Waals surface area contributed by atoms with Crippen molar-refractivity contribution < 1.29 is 17.6 Å². The van der Waals surface area contributed by atoms with Gasteiger partial charge in [0, 0.05) is 5.56 Å². The van der Waals surface area contributed by atoms with E-state index >= 15 is 0 Å². The van der Waals surface area contributed by atoms with Crippen molar-refractivity contribution in [2.24, 2.45) is 0 Å². The number of rotatable bonds is 5. The van der Waals surface area contributed by atoms with Crippen molar-refractivity contribution in [1.82, 2.24) is 0 Å². The van der Waals surface area contributed by atoms with Gasteiger partial charge in [0.15, 0.2) is 23.3 Å². The minimum absolute atomic E-state index is 0.0168. The maximum atomic E-state index is 14.2. The summed E-state index contributed by atoms with van der Waals surface area (Å²) >= 11 is 0. The number of unbranched alkanes of at least 4 members (excludes halogenated alkanes) is 2. The van der Waals surface area contributed by atoms with Crippen molar-refractivity contribution in [3.05, 3.63) is 58.7 Å². The highest BCUT2D eigenvalue weighted by atomic mass is 19.2. The second-order valence-electron chi connectivity index (χ2n) is 5.26. The monoisotopic (exact) mass is 321 g/mol. The van der Waals surface area contributed by atoms with Crippen LogP contribution in [0.2, 0.25) is 0 Å². The molecule has 5 heteroatoms. The van der Waals surface area contributed by atoms with Crippen LogP contribution in [-0.2, 0) is 6.42 Å². The minimum atomic E-state index is -1.40. The van der Waals surface area contributed by atoms with Crippen LogP contribution in [0.4, 0.5) is 17.6 Å². The highest BCUT2D eigenvalue weighted by Crippen LogP contribution is 2.33. The lowest BCUT2D eigenvalue weighted by molar-refractivity contribution is 0.440. The molecule has 0 fully saturated rings. The van der Waals surface area contributed by atoms with Crippen molar-refractivity contribution >= 4 is 0 Å². The van der Waals surface area contributed by atoms with Crippen molar-refractivity contribution in [2.45, 2.75) is 32.6 Å². The van der Waals surface area contributed by atoms with Gasteiger partial charge in [-0.2, -0.15) is 5.26 Å². The van der Waals surface area contributed by atoms with E-state index in [9.17, 15) is 17.6 Å². The summed E-state index contributed by atoms with van der Waals surface area (Å²) < 4.78 is 56.7. The molecule has 0 spiro atoms. The third-order valence-corrected chi connectivity index (χ3v) is 3.69. The molecule has 0 aliphatic carbocycles. The van der Waals surface area contributed by atoms with Gasteiger partial charge < -0.3 is 0 Å². The first-order chi connectivity index (χ1) is 11.0. The van der Waals surface area contributed by atoms with E-state index in [1.165, 1.54) is 24.3 Å². The van der Waals surface area contributed by atoms with Crippen LogP contribution in [0.3, 0.4) is 0 Å². The predicted octanol–water partition coefficient (Wildman–Crippen LogP) is 5.51. The van der Waals surface area contributed by atoms with Crippen LogP contribution in [0.5, 0.6) is 0 Å². The first-order valence-electron chi connectivity index (χ1n) is 7.36. The summed E-state index contributed by atoms with van der Waals surface area (Å²) in [6.45, 7) is 1.92. The van der Waals surface area contributed by atoms with E-state index in [0.29, 0.717) is 6.42 Å². The molecule has 23 heavy (non-hydrogen) atoms. The Morgan fingerprint density at radius 2 is 1.43 bits per heavy atom. The third-order valence-electron chi connectivity index (χ3n) is 3.69. The van der Waals surface area contributed by atoms with E-state index in [0.717, 1.165) is 12.8 Å². The Hall–Kier alpha value is -2.35. The second-order valence-corrected chi connectivity index (χ2v) is 5.26. The molecule has 0 saturated carbocycles. The van der Waals surface area contributed by atoms with Crippen molar-refractivity contribution in [2.75, 3.05) is 0 Å². The Morgan fingerprint density at radius 1 is 0.870 bits per heavy atom. The Bertz CT molecular complexity index is 716. The molecule has 0 saturated heterocycles. The normalized spacial score (nSPS) is 10.6. The van der Waals surface area contributed by atoms with E-state index in [-0.39, 0.29) is 17.5 Å². The lowest BCUT2D eigenvalue weighted by atomic mass is 9.97. The number of hydrogen-bond acceptors (Lipinski definition) is 1. The molecule has 0 amide bonds. The maximum absolute atomic E-state index is 14.2. The summed E-state index contributed by atoms with van der Waals surface area (Å²) in [6.07, 6.45) is 1.96. The molecule has 0 bridgehead atoms. The summed E-state index contributed by atoms with van der Waals surface area (Å²) in [5.74, 6) is -5.50. The maximum Gasteiger partial charge on any atom is 0.170 e. The molecular weight excluding hydrogens is 306 g/mol. The zero-order chi connectivity index (χ0) is 17.0. The summed E-state index contributed by atoms with van der Waals surface area (Å²) in [7, 11) is 0. The van der Waals surface area contributed by atoms with Gasteiger partial charge in [-0.25, -0.2) is 17.6 Å². The number of nitriles is 1. The zero-order valence-corrected chi connectivity index (χ0v) is 12.6. The van der Waals surface area contributed by atoms with Crippen molar-refractivity contribution in [1.29, 1.82) is 5.26 Å². The van der Waals surface area contributed by atoms with Crippen LogP contribution in [0, 0.1) is 34.6 Å². The first-order valence-corrected chi connectivity index (χ1v) is 7.36. The van der Waals surface area contributed by atoms with Crippen LogP contribution in [0.25, 0.3) is 11.1 Å². The number of benzene rings is 2. The molecule has 1 nitrogen and oxygen atoms in total. The Kier molecular flexibility index (Phi) is 5.38. The summed E-state index contributed by atoms with van der Waals surface area (Å²) in [5, 5.41) is 8.72. The molecule has 0 N–H and O–H groups in total. The average molecular weight is 321 g/mol. The lowest BCUT2D eigenvalue weighted by Crippen LogP contribution is -2.06. The van der Waals surface area contributed by atoms with Crippen molar-refractivity contribution in [3.63, 3.8) is 0 Å².